The van der Waals surface area contributed by atoms with Gasteiger partial charge in [0.05, 0.1) is 11.3 Å². The van der Waals surface area contributed by atoms with Crippen LogP contribution in [0.2, 0.25) is 0 Å². The fraction of sp³-hybridized carbons (Fsp3) is 0.562. The van der Waals surface area contributed by atoms with Gasteiger partial charge in [0.1, 0.15) is 6.07 Å². The molecule has 0 bridgehead atoms. The number of halogens is 1. The molecule has 4 heteroatoms. The van der Waals surface area contributed by atoms with Crippen molar-refractivity contribution >= 4 is 21.6 Å². The van der Waals surface area contributed by atoms with Crippen LogP contribution in [0.25, 0.3) is 0 Å². The smallest absolute Gasteiger partial charge is 0.101 e. The standard InChI is InChI=1S/C16H20BrN3/c17-14-4-3-13(10-18)15(9-14)20-8-2-6-16(12-20)5-1-7-19-11-16/h3-4,9,19H,1-2,5-8,11-12H2. The summed E-state index contributed by atoms with van der Waals surface area (Å²) in [5.74, 6) is 0. The molecule has 3 rings (SSSR count). The maximum Gasteiger partial charge on any atom is 0.101 e. The molecule has 2 aliphatic rings. The molecule has 1 unspecified atom stereocenters. The first-order chi connectivity index (χ1) is 9.72. The molecule has 0 radical (unpaired) electrons. The molecule has 2 saturated heterocycles. The van der Waals surface area contributed by atoms with Gasteiger partial charge < -0.3 is 10.2 Å². The average molecular weight is 334 g/mol. The highest BCUT2D eigenvalue weighted by molar-refractivity contribution is 9.10. The van der Waals surface area contributed by atoms with Crippen LogP contribution in [-0.4, -0.2) is 26.2 Å². The number of rotatable bonds is 1. The minimum atomic E-state index is 0.408. The van der Waals surface area contributed by atoms with Crippen LogP contribution in [0.5, 0.6) is 0 Å². The Morgan fingerprint density at radius 3 is 2.90 bits per heavy atom. The Morgan fingerprint density at radius 1 is 1.30 bits per heavy atom. The molecule has 0 saturated carbocycles. The molecule has 1 N–H and O–H groups in total. The van der Waals surface area contributed by atoms with Gasteiger partial charge in [0.15, 0.2) is 0 Å². The highest BCUT2D eigenvalue weighted by atomic mass is 79.9. The van der Waals surface area contributed by atoms with E-state index in [0.29, 0.717) is 5.41 Å². The van der Waals surface area contributed by atoms with Crippen LogP contribution in [-0.2, 0) is 0 Å². The van der Waals surface area contributed by atoms with E-state index in [0.717, 1.165) is 41.9 Å². The van der Waals surface area contributed by atoms with Crippen molar-refractivity contribution in [1.82, 2.24) is 5.32 Å². The van der Waals surface area contributed by atoms with E-state index in [1.165, 1.54) is 25.7 Å². The summed E-state index contributed by atoms with van der Waals surface area (Å²) in [7, 11) is 0. The van der Waals surface area contributed by atoms with Gasteiger partial charge in [0.25, 0.3) is 0 Å². The van der Waals surface area contributed by atoms with E-state index in [1.54, 1.807) is 0 Å². The molecular formula is C16H20BrN3. The molecule has 1 aromatic rings. The summed E-state index contributed by atoms with van der Waals surface area (Å²) < 4.78 is 1.05. The summed E-state index contributed by atoms with van der Waals surface area (Å²) in [4.78, 5) is 2.42. The SMILES string of the molecule is N#Cc1ccc(Br)cc1N1CCCC2(CCCNC2)C1. The number of piperidine rings is 2. The summed E-state index contributed by atoms with van der Waals surface area (Å²) in [6.07, 6.45) is 5.12. The van der Waals surface area contributed by atoms with Crippen molar-refractivity contribution in [3.63, 3.8) is 0 Å². The van der Waals surface area contributed by atoms with Crippen LogP contribution >= 0.6 is 15.9 Å². The fourth-order valence-corrected chi connectivity index (χ4v) is 4.00. The van der Waals surface area contributed by atoms with Crippen molar-refractivity contribution in [1.29, 1.82) is 5.26 Å². The van der Waals surface area contributed by atoms with E-state index in [4.69, 9.17) is 0 Å². The molecule has 106 valence electrons. The van der Waals surface area contributed by atoms with E-state index in [9.17, 15) is 5.26 Å². The van der Waals surface area contributed by atoms with Crippen LogP contribution in [0.4, 0.5) is 5.69 Å². The average Bonchev–Trinajstić information content (AvgIpc) is 2.48. The third kappa shape index (κ3) is 2.70. The number of nitriles is 1. The van der Waals surface area contributed by atoms with Gasteiger partial charge in [-0.1, -0.05) is 15.9 Å². The highest BCUT2D eigenvalue weighted by Gasteiger charge is 2.37. The third-order valence-electron chi connectivity index (χ3n) is 4.64. The Hall–Kier alpha value is -1.05. The molecule has 20 heavy (non-hydrogen) atoms. The van der Waals surface area contributed by atoms with Crippen LogP contribution in [0.3, 0.4) is 0 Å². The maximum atomic E-state index is 9.34. The largest absolute Gasteiger partial charge is 0.370 e. The van der Waals surface area contributed by atoms with E-state index < -0.39 is 0 Å². The number of anilines is 1. The molecule has 0 aromatic heterocycles. The predicted octanol–water partition coefficient (Wildman–Crippen LogP) is 3.29. The lowest BCUT2D eigenvalue weighted by Crippen LogP contribution is -2.51. The molecule has 2 heterocycles. The normalized spacial score (nSPS) is 26.5. The second-order valence-electron chi connectivity index (χ2n) is 6.08. The predicted molar refractivity (Wildman–Crippen MR) is 84.8 cm³/mol. The Labute approximate surface area is 129 Å². The number of hydrogen-bond donors (Lipinski definition) is 1. The first kappa shape index (κ1) is 13.9. The molecular weight excluding hydrogens is 314 g/mol. The van der Waals surface area contributed by atoms with E-state index in [2.05, 4.69) is 38.3 Å². The van der Waals surface area contributed by atoms with Gasteiger partial charge in [-0.3, -0.25) is 0 Å². The topological polar surface area (TPSA) is 39.1 Å². The van der Waals surface area contributed by atoms with Gasteiger partial charge in [-0.15, -0.1) is 0 Å². The summed E-state index contributed by atoms with van der Waals surface area (Å²) in [6, 6.07) is 8.29. The van der Waals surface area contributed by atoms with Crippen molar-refractivity contribution in [2.75, 3.05) is 31.1 Å². The summed E-state index contributed by atoms with van der Waals surface area (Å²) in [6.45, 7) is 4.42. The number of nitrogens with zero attached hydrogens (tertiary/aromatic N) is 2. The van der Waals surface area contributed by atoms with Crippen LogP contribution < -0.4 is 10.2 Å². The van der Waals surface area contributed by atoms with Crippen molar-refractivity contribution in [2.45, 2.75) is 25.7 Å². The van der Waals surface area contributed by atoms with Gasteiger partial charge in [0, 0.05) is 29.5 Å². The Bertz CT molecular complexity index is 524. The lowest BCUT2D eigenvalue weighted by molar-refractivity contribution is 0.173. The molecule has 1 atom stereocenters. The second kappa shape index (κ2) is 5.75. The van der Waals surface area contributed by atoms with Crippen molar-refractivity contribution in [3.05, 3.63) is 28.2 Å². The van der Waals surface area contributed by atoms with Crippen molar-refractivity contribution in [3.8, 4) is 6.07 Å². The third-order valence-corrected chi connectivity index (χ3v) is 5.14. The van der Waals surface area contributed by atoms with Crippen LogP contribution in [0, 0.1) is 16.7 Å². The van der Waals surface area contributed by atoms with Gasteiger partial charge in [-0.25, -0.2) is 0 Å². The number of hydrogen-bond acceptors (Lipinski definition) is 3. The number of nitrogens with one attached hydrogen (secondary N) is 1. The van der Waals surface area contributed by atoms with Gasteiger partial charge >= 0.3 is 0 Å². The Morgan fingerprint density at radius 2 is 2.15 bits per heavy atom. The van der Waals surface area contributed by atoms with Crippen LogP contribution in [0.1, 0.15) is 31.2 Å². The second-order valence-corrected chi connectivity index (χ2v) is 6.99. The zero-order chi connectivity index (χ0) is 14.0. The van der Waals surface area contributed by atoms with Crippen molar-refractivity contribution in [2.24, 2.45) is 5.41 Å². The van der Waals surface area contributed by atoms with E-state index in [-0.39, 0.29) is 0 Å². The molecule has 2 aliphatic heterocycles. The molecule has 0 aliphatic carbocycles. The molecule has 1 aromatic carbocycles. The highest BCUT2D eigenvalue weighted by Crippen LogP contribution is 2.38. The molecule has 1 spiro atoms. The zero-order valence-corrected chi connectivity index (χ0v) is 13.2. The molecule has 0 amide bonds. The Balaban J connectivity index is 1.87. The van der Waals surface area contributed by atoms with Gasteiger partial charge in [-0.05, 0) is 50.4 Å². The van der Waals surface area contributed by atoms with Crippen LogP contribution in [0.15, 0.2) is 22.7 Å². The van der Waals surface area contributed by atoms with Gasteiger partial charge in [0.2, 0.25) is 0 Å². The monoisotopic (exact) mass is 333 g/mol. The Kier molecular flexibility index (Phi) is 4.00. The van der Waals surface area contributed by atoms with E-state index in [1.807, 2.05) is 12.1 Å². The maximum absolute atomic E-state index is 9.34. The molecule has 2 fully saturated rings. The van der Waals surface area contributed by atoms with Crippen molar-refractivity contribution < 1.29 is 0 Å². The van der Waals surface area contributed by atoms with Gasteiger partial charge in [-0.2, -0.15) is 5.26 Å². The van der Waals surface area contributed by atoms with E-state index >= 15 is 0 Å². The lowest BCUT2D eigenvalue weighted by Gasteiger charge is -2.46. The molecule has 3 nitrogen and oxygen atoms in total. The minimum Gasteiger partial charge on any atom is -0.370 e. The summed E-state index contributed by atoms with van der Waals surface area (Å²) in [5.41, 5.74) is 2.28. The minimum absolute atomic E-state index is 0.408. The quantitative estimate of drug-likeness (QED) is 0.857. The lowest BCUT2D eigenvalue weighted by atomic mass is 9.74. The fourth-order valence-electron chi connectivity index (χ4n) is 3.65. The zero-order valence-electron chi connectivity index (χ0n) is 11.7. The summed E-state index contributed by atoms with van der Waals surface area (Å²) in [5, 5.41) is 12.9. The first-order valence-corrected chi connectivity index (χ1v) is 8.17. The number of benzene rings is 1. The first-order valence-electron chi connectivity index (χ1n) is 7.38. The summed E-state index contributed by atoms with van der Waals surface area (Å²) >= 11 is 3.53.